The van der Waals surface area contributed by atoms with Crippen molar-refractivity contribution in [3.05, 3.63) is 58.7 Å². The minimum atomic E-state index is 0.0420. The van der Waals surface area contributed by atoms with Crippen molar-refractivity contribution in [2.45, 2.75) is 39.0 Å². The Hall–Kier alpha value is -2.66. The van der Waals surface area contributed by atoms with E-state index in [4.69, 9.17) is 5.11 Å². The van der Waals surface area contributed by atoms with E-state index >= 15 is 0 Å². The van der Waals surface area contributed by atoms with Crippen molar-refractivity contribution < 1.29 is 14.7 Å². The molecule has 0 aliphatic carbocycles. The fraction of sp³-hybridized carbons (Fsp3) is 0.333. The van der Waals surface area contributed by atoms with E-state index in [0.29, 0.717) is 19.3 Å². The number of rotatable bonds is 4. The molecule has 0 unspecified atom stereocenters. The Morgan fingerprint density at radius 2 is 1.35 bits per heavy atom. The van der Waals surface area contributed by atoms with Gasteiger partial charge in [-0.1, -0.05) is 37.6 Å². The van der Waals surface area contributed by atoms with Crippen molar-refractivity contribution >= 4 is 23.2 Å². The molecule has 26 heavy (non-hydrogen) atoms. The van der Waals surface area contributed by atoms with Crippen molar-refractivity contribution in [3.63, 3.8) is 0 Å². The fourth-order valence-electron chi connectivity index (χ4n) is 3.49. The minimum absolute atomic E-state index is 0.0420. The summed E-state index contributed by atoms with van der Waals surface area (Å²) in [6.45, 7) is 2.29. The summed E-state index contributed by atoms with van der Waals surface area (Å²) in [6, 6.07) is 11.8. The summed E-state index contributed by atoms with van der Waals surface area (Å²) in [5, 5.41) is 14.4. The second-order valence-electron chi connectivity index (χ2n) is 6.56. The Balaban J connectivity index is 0.000000151. The third-order valence-corrected chi connectivity index (χ3v) is 4.67. The summed E-state index contributed by atoms with van der Waals surface area (Å²) in [6.07, 6.45) is 3.83. The van der Waals surface area contributed by atoms with Gasteiger partial charge in [0.2, 0.25) is 11.8 Å². The molecule has 2 heterocycles. The average Bonchev–Trinajstić information content (AvgIpc) is 3.18. The van der Waals surface area contributed by atoms with Gasteiger partial charge in [-0.05, 0) is 47.2 Å². The SMILES string of the molecule is CCCc1cccc2c1CC(=O)N2.O=C1Cc2c(CCO)cccc2N1. The fourth-order valence-corrected chi connectivity index (χ4v) is 3.49. The number of carbonyl (C=O) groups is 2. The van der Waals surface area contributed by atoms with E-state index in [9.17, 15) is 9.59 Å². The zero-order chi connectivity index (χ0) is 18.5. The van der Waals surface area contributed by atoms with E-state index in [0.717, 1.165) is 35.3 Å². The third kappa shape index (κ3) is 3.94. The van der Waals surface area contributed by atoms with Gasteiger partial charge in [-0.3, -0.25) is 9.59 Å². The number of benzene rings is 2. The molecule has 2 amide bonds. The number of fused-ring (bicyclic) bond motifs is 2. The van der Waals surface area contributed by atoms with Crippen LogP contribution in [0.3, 0.4) is 0 Å². The van der Waals surface area contributed by atoms with Crippen LogP contribution in [0.25, 0.3) is 0 Å². The van der Waals surface area contributed by atoms with Gasteiger partial charge in [-0.2, -0.15) is 0 Å². The Bertz CT molecular complexity index is 761. The van der Waals surface area contributed by atoms with E-state index in [-0.39, 0.29) is 18.4 Å². The first kappa shape index (κ1) is 18.1. The highest BCUT2D eigenvalue weighted by molar-refractivity contribution is 6.00. The maximum atomic E-state index is 11.1. The Labute approximate surface area is 153 Å². The van der Waals surface area contributed by atoms with E-state index in [1.807, 2.05) is 30.3 Å². The highest BCUT2D eigenvalue weighted by Crippen LogP contribution is 2.27. The summed E-state index contributed by atoms with van der Waals surface area (Å²) < 4.78 is 0. The lowest BCUT2D eigenvalue weighted by Gasteiger charge is -2.04. The molecule has 2 aliphatic heterocycles. The quantitative estimate of drug-likeness (QED) is 0.792. The molecule has 0 saturated carbocycles. The summed E-state index contributed by atoms with van der Waals surface area (Å²) in [7, 11) is 0. The molecule has 3 N–H and O–H groups in total. The molecule has 2 aromatic rings. The van der Waals surface area contributed by atoms with Gasteiger partial charge >= 0.3 is 0 Å². The highest BCUT2D eigenvalue weighted by Gasteiger charge is 2.20. The van der Waals surface area contributed by atoms with Crippen LogP contribution in [0.2, 0.25) is 0 Å². The number of aryl methyl sites for hydroxylation is 1. The molecule has 136 valence electrons. The van der Waals surface area contributed by atoms with Gasteiger partial charge in [0.1, 0.15) is 0 Å². The molecule has 4 rings (SSSR count). The van der Waals surface area contributed by atoms with Crippen LogP contribution < -0.4 is 10.6 Å². The van der Waals surface area contributed by atoms with Crippen molar-refractivity contribution in [2.24, 2.45) is 0 Å². The minimum Gasteiger partial charge on any atom is -0.396 e. The van der Waals surface area contributed by atoms with Crippen LogP contribution in [-0.2, 0) is 35.3 Å². The second kappa shape index (κ2) is 8.15. The second-order valence-corrected chi connectivity index (χ2v) is 6.56. The Kier molecular flexibility index (Phi) is 5.68. The molecule has 0 aromatic heterocycles. The van der Waals surface area contributed by atoms with Crippen molar-refractivity contribution in [1.29, 1.82) is 0 Å². The lowest BCUT2D eigenvalue weighted by atomic mass is 10.0. The number of amides is 2. The van der Waals surface area contributed by atoms with Gasteiger partial charge < -0.3 is 15.7 Å². The van der Waals surface area contributed by atoms with Gasteiger partial charge in [0.25, 0.3) is 0 Å². The predicted octanol–water partition coefficient (Wildman–Crippen LogP) is 2.85. The van der Waals surface area contributed by atoms with Crippen molar-refractivity contribution in [1.82, 2.24) is 0 Å². The maximum Gasteiger partial charge on any atom is 0.228 e. The molecule has 0 radical (unpaired) electrons. The first-order valence-electron chi connectivity index (χ1n) is 9.04. The molecular formula is C21H24N2O3. The number of anilines is 2. The molecule has 5 nitrogen and oxygen atoms in total. The van der Waals surface area contributed by atoms with Crippen LogP contribution in [0.1, 0.15) is 35.6 Å². The van der Waals surface area contributed by atoms with E-state index in [1.165, 1.54) is 11.1 Å². The van der Waals surface area contributed by atoms with Crippen LogP contribution in [0.4, 0.5) is 11.4 Å². The largest absolute Gasteiger partial charge is 0.396 e. The molecule has 2 aromatic carbocycles. The zero-order valence-corrected chi connectivity index (χ0v) is 15.0. The maximum absolute atomic E-state index is 11.1. The number of hydrogen-bond donors (Lipinski definition) is 3. The molecule has 0 atom stereocenters. The Morgan fingerprint density at radius 3 is 1.81 bits per heavy atom. The Morgan fingerprint density at radius 1 is 0.846 bits per heavy atom. The number of carbonyl (C=O) groups excluding carboxylic acids is 2. The average molecular weight is 352 g/mol. The summed E-state index contributed by atoms with van der Waals surface area (Å²) in [5.41, 5.74) is 6.54. The van der Waals surface area contributed by atoms with Gasteiger partial charge in [-0.15, -0.1) is 0 Å². The van der Waals surface area contributed by atoms with Crippen molar-refractivity contribution in [2.75, 3.05) is 17.2 Å². The lowest BCUT2D eigenvalue weighted by molar-refractivity contribution is -0.115. The van der Waals surface area contributed by atoms with Crippen LogP contribution in [0.5, 0.6) is 0 Å². The number of aliphatic hydroxyl groups is 1. The first-order chi connectivity index (χ1) is 12.6. The van der Waals surface area contributed by atoms with Crippen molar-refractivity contribution in [3.8, 4) is 0 Å². The van der Waals surface area contributed by atoms with Crippen LogP contribution in [-0.4, -0.2) is 23.5 Å². The molecule has 0 fully saturated rings. The van der Waals surface area contributed by atoms with Gasteiger partial charge in [0.15, 0.2) is 0 Å². The highest BCUT2D eigenvalue weighted by atomic mass is 16.3. The summed E-state index contributed by atoms with van der Waals surface area (Å²) in [5.74, 6) is 0.166. The molecule has 0 saturated heterocycles. The molecule has 0 spiro atoms. The summed E-state index contributed by atoms with van der Waals surface area (Å²) in [4.78, 5) is 22.2. The van der Waals surface area contributed by atoms with Crippen LogP contribution in [0, 0.1) is 0 Å². The topological polar surface area (TPSA) is 78.4 Å². The smallest absolute Gasteiger partial charge is 0.228 e. The van der Waals surface area contributed by atoms with Gasteiger partial charge in [0.05, 0.1) is 12.8 Å². The predicted molar refractivity (Wildman–Crippen MR) is 102 cm³/mol. The normalized spacial score (nSPS) is 14.1. The number of nitrogens with one attached hydrogen (secondary N) is 2. The van der Waals surface area contributed by atoms with Crippen LogP contribution >= 0.6 is 0 Å². The molecule has 2 aliphatic rings. The molecule has 5 heteroatoms. The van der Waals surface area contributed by atoms with E-state index in [1.54, 1.807) is 0 Å². The first-order valence-corrected chi connectivity index (χ1v) is 9.04. The number of aliphatic hydroxyl groups excluding tert-OH is 1. The molecule has 0 bridgehead atoms. The lowest BCUT2D eigenvalue weighted by Crippen LogP contribution is -2.03. The zero-order valence-electron chi connectivity index (χ0n) is 15.0. The third-order valence-electron chi connectivity index (χ3n) is 4.67. The van der Waals surface area contributed by atoms with E-state index < -0.39 is 0 Å². The van der Waals surface area contributed by atoms with E-state index in [2.05, 4.69) is 23.6 Å². The van der Waals surface area contributed by atoms with Gasteiger partial charge in [-0.25, -0.2) is 0 Å². The monoisotopic (exact) mass is 352 g/mol. The molecular weight excluding hydrogens is 328 g/mol. The number of hydrogen-bond acceptors (Lipinski definition) is 3. The summed E-state index contributed by atoms with van der Waals surface area (Å²) >= 11 is 0. The van der Waals surface area contributed by atoms with Gasteiger partial charge in [0, 0.05) is 18.0 Å². The standard InChI is InChI=1S/C11H13NO.C10H11NO2/c1-2-4-8-5-3-6-10-9(8)7-11(13)12-10;12-5-4-7-2-1-3-9-8(7)6-10(13)11-9/h3,5-6H,2,4,7H2,1H3,(H,12,13);1-3,12H,4-6H2,(H,11,13). The van der Waals surface area contributed by atoms with Crippen LogP contribution in [0.15, 0.2) is 36.4 Å².